The van der Waals surface area contributed by atoms with Gasteiger partial charge in [0.2, 0.25) is 5.91 Å². The first-order valence-electron chi connectivity index (χ1n) is 11.7. The molecule has 7 nitrogen and oxygen atoms in total. The number of carbonyl (C=O) groups excluding carboxylic acids is 3. The molecule has 2 aromatic carbocycles. The monoisotopic (exact) mass is 489 g/mol. The highest BCUT2D eigenvalue weighted by atomic mass is 32.1. The van der Waals surface area contributed by atoms with Crippen molar-refractivity contribution in [2.45, 2.75) is 31.8 Å². The molecule has 0 radical (unpaired) electrons. The Hall–Kier alpha value is -3.65. The number of nitrogens with zero attached hydrogens (tertiary/aromatic N) is 2. The van der Waals surface area contributed by atoms with Crippen molar-refractivity contribution in [3.8, 4) is 5.75 Å². The van der Waals surface area contributed by atoms with Gasteiger partial charge < -0.3 is 15.0 Å². The van der Waals surface area contributed by atoms with Gasteiger partial charge in [-0.1, -0.05) is 48.5 Å². The van der Waals surface area contributed by atoms with Gasteiger partial charge in [0, 0.05) is 28.3 Å². The number of benzene rings is 2. The number of thiophene rings is 1. The summed E-state index contributed by atoms with van der Waals surface area (Å²) in [6.07, 6.45) is 1.01. The summed E-state index contributed by atoms with van der Waals surface area (Å²) in [5.41, 5.74) is 0.571. The summed E-state index contributed by atoms with van der Waals surface area (Å²) in [5, 5.41) is 2.87. The minimum atomic E-state index is -1.19. The number of para-hydroxylation sites is 1. The highest BCUT2D eigenvalue weighted by Crippen LogP contribution is 2.40. The summed E-state index contributed by atoms with van der Waals surface area (Å²) >= 11 is 1.64. The molecule has 4 amide bonds. The van der Waals surface area contributed by atoms with Gasteiger partial charge in [-0.25, -0.2) is 4.79 Å². The second-order valence-corrected chi connectivity index (χ2v) is 10.3. The Labute approximate surface area is 208 Å². The number of hydrogen-bond acceptors (Lipinski definition) is 5. The molecule has 1 saturated heterocycles. The summed E-state index contributed by atoms with van der Waals surface area (Å²) in [6, 6.07) is 20.7. The summed E-state index contributed by atoms with van der Waals surface area (Å²) in [7, 11) is 0. The zero-order valence-electron chi connectivity index (χ0n) is 19.5. The van der Waals surface area contributed by atoms with Crippen molar-refractivity contribution in [1.29, 1.82) is 0 Å². The summed E-state index contributed by atoms with van der Waals surface area (Å²) < 4.78 is 5.69. The normalized spacial score (nSPS) is 18.8. The van der Waals surface area contributed by atoms with Gasteiger partial charge in [-0.2, -0.15) is 0 Å². The smallest absolute Gasteiger partial charge is 0.325 e. The van der Waals surface area contributed by atoms with Crippen molar-refractivity contribution in [3.63, 3.8) is 0 Å². The van der Waals surface area contributed by atoms with E-state index in [2.05, 4.69) is 5.32 Å². The highest BCUT2D eigenvalue weighted by Gasteiger charge is 2.55. The number of carbonyl (C=O) groups is 3. The van der Waals surface area contributed by atoms with Crippen molar-refractivity contribution in [1.82, 2.24) is 15.1 Å². The third kappa shape index (κ3) is 4.53. The van der Waals surface area contributed by atoms with E-state index in [9.17, 15) is 14.4 Å². The minimum Gasteiger partial charge on any atom is -0.493 e. The van der Waals surface area contributed by atoms with Crippen LogP contribution in [0.5, 0.6) is 5.75 Å². The Morgan fingerprint density at radius 3 is 2.63 bits per heavy atom. The summed E-state index contributed by atoms with van der Waals surface area (Å²) in [6.45, 7) is 2.98. The third-order valence-electron chi connectivity index (χ3n) is 6.56. The topological polar surface area (TPSA) is 79.0 Å². The van der Waals surface area contributed by atoms with Crippen LogP contribution in [0.25, 0.3) is 0 Å². The molecule has 1 atom stereocenters. The molecule has 2 aliphatic heterocycles. The van der Waals surface area contributed by atoms with Crippen LogP contribution >= 0.6 is 11.3 Å². The van der Waals surface area contributed by atoms with Gasteiger partial charge in [0.15, 0.2) is 5.54 Å². The minimum absolute atomic E-state index is 0.257. The second kappa shape index (κ2) is 9.54. The van der Waals surface area contributed by atoms with Crippen molar-refractivity contribution in [3.05, 3.63) is 87.6 Å². The number of nitrogens with one attached hydrogen (secondary N) is 1. The van der Waals surface area contributed by atoms with E-state index in [0.717, 1.165) is 15.3 Å². The predicted octanol–water partition coefficient (Wildman–Crippen LogP) is 3.86. The molecule has 1 aromatic heterocycles. The molecule has 35 heavy (non-hydrogen) atoms. The fraction of sp³-hybridized carbons (Fsp3) is 0.296. The largest absolute Gasteiger partial charge is 0.493 e. The van der Waals surface area contributed by atoms with E-state index in [-0.39, 0.29) is 12.5 Å². The van der Waals surface area contributed by atoms with Crippen molar-refractivity contribution >= 4 is 29.2 Å². The molecule has 5 rings (SSSR count). The molecule has 0 aliphatic carbocycles. The molecule has 3 heterocycles. The number of fused-ring (bicyclic) bond motifs is 2. The molecule has 1 spiro atoms. The Balaban J connectivity index is 1.35. The van der Waals surface area contributed by atoms with Gasteiger partial charge in [-0.05, 0) is 37.1 Å². The molecule has 2 aliphatic rings. The lowest BCUT2D eigenvalue weighted by molar-refractivity contribution is -0.140. The van der Waals surface area contributed by atoms with Crippen LogP contribution in [0.3, 0.4) is 0 Å². The average Bonchev–Trinajstić information content (AvgIpc) is 3.38. The Kier molecular flexibility index (Phi) is 6.30. The first kappa shape index (κ1) is 23.1. The van der Waals surface area contributed by atoms with Crippen molar-refractivity contribution in [2.75, 3.05) is 19.7 Å². The zero-order valence-corrected chi connectivity index (χ0v) is 20.3. The number of amides is 4. The number of aryl methyl sites for hydroxylation is 1. The van der Waals surface area contributed by atoms with E-state index in [1.54, 1.807) is 28.4 Å². The van der Waals surface area contributed by atoms with Crippen LogP contribution in [-0.4, -0.2) is 47.3 Å². The number of imide groups is 1. The van der Waals surface area contributed by atoms with E-state index < -0.39 is 17.5 Å². The lowest BCUT2D eigenvalue weighted by atomic mass is 9.84. The first-order valence-corrected chi connectivity index (χ1v) is 12.5. The highest BCUT2D eigenvalue weighted by molar-refractivity contribution is 7.11. The van der Waals surface area contributed by atoms with E-state index >= 15 is 0 Å². The Morgan fingerprint density at radius 1 is 1.09 bits per heavy atom. The standard InChI is InChI=1S/C27H27N3O4S/c1-19-11-12-21(35-19)17-29(15-13-20-7-3-2-4-8-20)24(31)18-30-25(32)27(28-26(30)33)14-16-34-23-10-6-5-9-22(23)27/h2-12H,13-18H2,1H3,(H,28,33). The van der Waals surface area contributed by atoms with Crippen LogP contribution < -0.4 is 10.1 Å². The quantitative estimate of drug-likeness (QED) is 0.511. The molecule has 1 fully saturated rings. The average molecular weight is 490 g/mol. The van der Waals surface area contributed by atoms with Gasteiger partial charge in [-0.3, -0.25) is 14.5 Å². The molecule has 1 unspecified atom stereocenters. The van der Waals surface area contributed by atoms with Crippen LogP contribution in [0.1, 0.15) is 27.3 Å². The Bertz CT molecular complexity index is 1260. The van der Waals surface area contributed by atoms with Crippen LogP contribution in [0, 0.1) is 6.92 Å². The first-order chi connectivity index (χ1) is 17.0. The number of ether oxygens (including phenoxy) is 1. The molecule has 0 bridgehead atoms. The maximum Gasteiger partial charge on any atom is 0.325 e. The maximum absolute atomic E-state index is 13.6. The summed E-state index contributed by atoms with van der Waals surface area (Å²) in [4.78, 5) is 45.0. The fourth-order valence-corrected chi connectivity index (χ4v) is 5.62. The van der Waals surface area contributed by atoms with Gasteiger partial charge >= 0.3 is 6.03 Å². The van der Waals surface area contributed by atoms with Crippen molar-refractivity contribution < 1.29 is 19.1 Å². The van der Waals surface area contributed by atoms with Crippen LogP contribution in [0.4, 0.5) is 4.79 Å². The number of hydrogen-bond donors (Lipinski definition) is 1. The molecule has 8 heteroatoms. The van der Waals surface area contributed by atoms with E-state index in [1.807, 2.05) is 61.5 Å². The van der Waals surface area contributed by atoms with Gasteiger partial charge in [-0.15, -0.1) is 11.3 Å². The zero-order chi connectivity index (χ0) is 24.4. The molecule has 0 saturated carbocycles. The van der Waals surface area contributed by atoms with Gasteiger partial charge in [0.25, 0.3) is 5.91 Å². The number of rotatable bonds is 7. The molecular weight excluding hydrogens is 462 g/mol. The number of urea groups is 1. The fourth-order valence-electron chi connectivity index (χ4n) is 4.71. The van der Waals surface area contributed by atoms with Crippen molar-refractivity contribution in [2.24, 2.45) is 0 Å². The van der Waals surface area contributed by atoms with E-state index in [1.165, 1.54) is 4.88 Å². The molecular formula is C27H27N3O4S. The third-order valence-corrected chi connectivity index (χ3v) is 7.54. The molecule has 180 valence electrons. The van der Waals surface area contributed by atoms with Crippen LogP contribution in [-0.2, 0) is 28.1 Å². The lowest BCUT2D eigenvalue weighted by Gasteiger charge is -2.33. The predicted molar refractivity (Wildman–Crippen MR) is 133 cm³/mol. The molecule has 1 N–H and O–H groups in total. The van der Waals surface area contributed by atoms with Gasteiger partial charge in [0.05, 0.1) is 13.2 Å². The SMILES string of the molecule is Cc1ccc(CN(CCc2ccccc2)C(=O)CN2C(=O)NC3(CCOc4ccccc43)C2=O)s1. The lowest BCUT2D eigenvalue weighted by Crippen LogP contribution is -2.48. The van der Waals surface area contributed by atoms with Crippen LogP contribution in [0.15, 0.2) is 66.7 Å². The maximum atomic E-state index is 13.6. The van der Waals surface area contributed by atoms with E-state index in [4.69, 9.17) is 4.74 Å². The van der Waals surface area contributed by atoms with Gasteiger partial charge in [0.1, 0.15) is 12.3 Å². The van der Waals surface area contributed by atoms with Crippen LogP contribution in [0.2, 0.25) is 0 Å². The molecule has 3 aromatic rings. The second-order valence-electron chi connectivity index (χ2n) is 8.88. The Morgan fingerprint density at radius 2 is 1.86 bits per heavy atom. The van der Waals surface area contributed by atoms with E-state index in [0.29, 0.717) is 43.9 Å². The summed E-state index contributed by atoms with van der Waals surface area (Å²) in [5.74, 6) is -0.0763.